The Morgan fingerprint density at radius 2 is 1.25 bits per heavy atom. The van der Waals surface area contributed by atoms with E-state index in [1.54, 1.807) is 12.1 Å². The van der Waals surface area contributed by atoms with Crippen LogP contribution in [0.25, 0.3) is 0 Å². The van der Waals surface area contributed by atoms with Gasteiger partial charge in [-0.3, -0.25) is 0 Å². The van der Waals surface area contributed by atoms with Crippen LogP contribution in [0.15, 0.2) is 18.2 Å². The van der Waals surface area contributed by atoms with Crippen molar-refractivity contribution in [3.63, 3.8) is 0 Å². The van der Waals surface area contributed by atoms with Crippen LogP contribution in [-0.4, -0.2) is 10.2 Å². The van der Waals surface area contributed by atoms with E-state index in [-0.39, 0.29) is 5.75 Å². The number of aromatic hydroxyl groups is 2. The first-order chi connectivity index (χ1) is 11.6. The molecule has 2 nitrogen and oxygen atoms in total. The molecule has 2 heteroatoms. The molecule has 1 aromatic carbocycles. The third-order valence-corrected chi connectivity index (χ3v) is 5.03. The summed E-state index contributed by atoms with van der Waals surface area (Å²) in [5.74, 6) is 0.851. The van der Waals surface area contributed by atoms with E-state index in [1.165, 1.54) is 83.1 Å². The first kappa shape index (κ1) is 20.9. The van der Waals surface area contributed by atoms with Crippen LogP contribution in [0.4, 0.5) is 0 Å². The van der Waals surface area contributed by atoms with E-state index in [2.05, 4.69) is 13.8 Å². The number of benzene rings is 1. The van der Waals surface area contributed by atoms with Crippen molar-refractivity contribution >= 4 is 0 Å². The lowest BCUT2D eigenvalue weighted by molar-refractivity contribution is 0.445. The van der Waals surface area contributed by atoms with E-state index >= 15 is 0 Å². The molecule has 0 aromatic heterocycles. The fourth-order valence-electron chi connectivity index (χ4n) is 3.38. The van der Waals surface area contributed by atoms with Crippen molar-refractivity contribution in [1.82, 2.24) is 0 Å². The van der Waals surface area contributed by atoms with Crippen LogP contribution in [0, 0.1) is 0 Å². The summed E-state index contributed by atoms with van der Waals surface area (Å²) in [5.41, 5.74) is 0.873. The second-order valence-corrected chi connectivity index (χ2v) is 7.32. The molecule has 0 aliphatic heterocycles. The molecule has 1 rings (SSSR count). The molecule has 0 aliphatic carbocycles. The Morgan fingerprint density at radius 1 is 0.750 bits per heavy atom. The predicted molar refractivity (Wildman–Crippen MR) is 104 cm³/mol. The Kier molecular flexibility index (Phi) is 11.4. The van der Waals surface area contributed by atoms with E-state index in [1.807, 2.05) is 0 Å². The highest BCUT2D eigenvalue weighted by atomic mass is 16.3. The van der Waals surface area contributed by atoms with Gasteiger partial charge < -0.3 is 10.2 Å². The maximum atomic E-state index is 9.89. The summed E-state index contributed by atoms with van der Waals surface area (Å²) in [5, 5.41) is 19.4. The molecule has 0 heterocycles. The SMILES string of the molecule is CCCCCCCCCCCCCCC(C)c1cc(O)ccc1O. The van der Waals surface area contributed by atoms with Gasteiger partial charge in [0, 0.05) is 5.56 Å². The van der Waals surface area contributed by atoms with Gasteiger partial charge in [-0.2, -0.15) is 0 Å². The van der Waals surface area contributed by atoms with Crippen LogP contribution in [-0.2, 0) is 0 Å². The first-order valence-corrected chi connectivity index (χ1v) is 10.2. The van der Waals surface area contributed by atoms with Gasteiger partial charge in [-0.1, -0.05) is 90.9 Å². The first-order valence-electron chi connectivity index (χ1n) is 10.2. The molecule has 2 N–H and O–H groups in total. The van der Waals surface area contributed by atoms with E-state index < -0.39 is 0 Å². The highest BCUT2D eigenvalue weighted by Crippen LogP contribution is 2.32. The molecular formula is C22H38O2. The van der Waals surface area contributed by atoms with Crippen molar-refractivity contribution in [2.45, 2.75) is 103 Å². The number of hydrogen-bond donors (Lipinski definition) is 2. The standard InChI is InChI=1S/C22H38O2/c1-3-4-5-6-7-8-9-10-11-12-13-14-15-19(2)21-18-20(23)16-17-22(21)24/h16-19,23-24H,3-15H2,1-2H3. The summed E-state index contributed by atoms with van der Waals surface area (Å²) in [6.07, 6.45) is 17.5. The van der Waals surface area contributed by atoms with E-state index in [4.69, 9.17) is 0 Å². The molecule has 0 aliphatic rings. The third-order valence-electron chi connectivity index (χ3n) is 5.03. The minimum Gasteiger partial charge on any atom is -0.508 e. The van der Waals surface area contributed by atoms with E-state index in [0.29, 0.717) is 11.7 Å². The largest absolute Gasteiger partial charge is 0.508 e. The average molecular weight is 335 g/mol. The lowest BCUT2D eigenvalue weighted by Crippen LogP contribution is -1.94. The molecule has 1 atom stereocenters. The lowest BCUT2D eigenvalue weighted by Gasteiger charge is -2.13. The van der Waals surface area contributed by atoms with Gasteiger partial charge in [0.15, 0.2) is 0 Å². The van der Waals surface area contributed by atoms with Crippen LogP contribution in [0.5, 0.6) is 11.5 Å². The Balaban J connectivity index is 1.97. The van der Waals surface area contributed by atoms with Gasteiger partial charge in [-0.05, 0) is 30.5 Å². The summed E-state index contributed by atoms with van der Waals surface area (Å²) in [4.78, 5) is 0. The molecule has 0 saturated carbocycles. The molecule has 24 heavy (non-hydrogen) atoms. The number of phenols is 2. The van der Waals surface area contributed by atoms with Gasteiger partial charge in [0.2, 0.25) is 0 Å². The minimum absolute atomic E-state index is 0.240. The lowest BCUT2D eigenvalue weighted by atomic mass is 9.93. The zero-order chi connectivity index (χ0) is 17.6. The van der Waals surface area contributed by atoms with Crippen LogP contribution in [0.1, 0.15) is 109 Å². The van der Waals surface area contributed by atoms with Crippen LogP contribution >= 0.6 is 0 Å². The van der Waals surface area contributed by atoms with Crippen molar-refractivity contribution in [3.8, 4) is 11.5 Å². The van der Waals surface area contributed by atoms with Gasteiger partial charge in [-0.15, -0.1) is 0 Å². The predicted octanol–water partition coefficient (Wildman–Crippen LogP) is 7.29. The Bertz CT molecular complexity index is 428. The van der Waals surface area contributed by atoms with Crippen LogP contribution in [0.2, 0.25) is 0 Å². The summed E-state index contributed by atoms with van der Waals surface area (Å²) >= 11 is 0. The van der Waals surface area contributed by atoms with Crippen molar-refractivity contribution < 1.29 is 10.2 Å². The molecule has 0 amide bonds. The zero-order valence-corrected chi connectivity index (χ0v) is 15.9. The number of unbranched alkanes of at least 4 members (excludes halogenated alkanes) is 11. The number of phenolic OH excluding ortho intramolecular Hbond substituents is 2. The van der Waals surface area contributed by atoms with Gasteiger partial charge in [-0.25, -0.2) is 0 Å². The number of rotatable bonds is 14. The second kappa shape index (κ2) is 13.1. The molecule has 138 valence electrons. The highest BCUT2D eigenvalue weighted by Gasteiger charge is 2.10. The molecule has 0 fully saturated rings. The van der Waals surface area contributed by atoms with Crippen molar-refractivity contribution in [3.05, 3.63) is 23.8 Å². The molecule has 1 unspecified atom stereocenters. The van der Waals surface area contributed by atoms with Crippen LogP contribution < -0.4 is 0 Å². The molecular weight excluding hydrogens is 296 g/mol. The van der Waals surface area contributed by atoms with Crippen LogP contribution in [0.3, 0.4) is 0 Å². The highest BCUT2D eigenvalue weighted by molar-refractivity contribution is 5.40. The van der Waals surface area contributed by atoms with Gasteiger partial charge in [0.05, 0.1) is 0 Å². The quantitative estimate of drug-likeness (QED) is 0.277. The Labute approximate surface area is 149 Å². The van der Waals surface area contributed by atoms with E-state index in [0.717, 1.165) is 12.0 Å². The summed E-state index contributed by atoms with van der Waals surface area (Å²) in [6, 6.07) is 4.82. The number of hydrogen-bond acceptors (Lipinski definition) is 2. The van der Waals surface area contributed by atoms with Crippen molar-refractivity contribution in [2.24, 2.45) is 0 Å². The summed E-state index contributed by atoms with van der Waals surface area (Å²) < 4.78 is 0. The normalized spacial score (nSPS) is 12.4. The maximum Gasteiger partial charge on any atom is 0.119 e. The van der Waals surface area contributed by atoms with Crippen molar-refractivity contribution in [2.75, 3.05) is 0 Å². The molecule has 0 spiro atoms. The maximum absolute atomic E-state index is 9.89. The average Bonchev–Trinajstić information content (AvgIpc) is 2.57. The monoisotopic (exact) mass is 334 g/mol. The zero-order valence-electron chi connectivity index (χ0n) is 15.9. The van der Waals surface area contributed by atoms with Crippen molar-refractivity contribution in [1.29, 1.82) is 0 Å². The fraction of sp³-hybridized carbons (Fsp3) is 0.727. The smallest absolute Gasteiger partial charge is 0.119 e. The van der Waals surface area contributed by atoms with Gasteiger partial charge in [0.1, 0.15) is 11.5 Å². The molecule has 0 saturated heterocycles. The minimum atomic E-state index is 0.240. The fourth-order valence-corrected chi connectivity index (χ4v) is 3.38. The topological polar surface area (TPSA) is 40.5 Å². The Morgan fingerprint density at radius 3 is 1.79 bits per heavy atom. The Hall–Kier alpha value is -1.18. The second-order valence-electron chi connectivity index (χ2n) is 7.32. The van der Waals surface area contributed by atoms with Gasteiger partial charge >= 0.3 is 0 Å². The molecule has 1 aromatic rings. The third kappa shape index (κ3) is 9.20. The van der Waals surface area contributed by atoms with E-state index in [9.17, 15) is 10.2 Å². The molecule has 0 bridgehead atoms. The summed E-state index contributed by atoms with van der Waals surface area (Å²) in [6.45, 7) is 4.40. The summed E-state index contributed by atoms with van der Waals surface area (Å²) in [7, 11) is 0. The van der Waals surface area contributed by atoms with Gasteiger partial charge in [0.25, 0.3) is 0 Å². The molecule has 0 radical (unpaired) electrons.